The molecule has 1 amide bonds. The molecular weight excluding hydrogens is 250 g/mol. The van der Waals surface area contributed by atoms with E-state index in [0.29, 0.717) is 18.0 Å². The Morgan fingerprint density at radius 1 is 1.15 bits per heavy atom. The van der Waals surface area contributed by atoms with Gasteiger partial charge in [0.1, 0.15) is 0 Å². The van der Waals surface area contributed by atoms with Crippen LogP contribution < -0.4 is 5.32 Å². The number of nitrogens with one attached hydrogen (secondary N) is 1. The second-order valence-electron chi connectivity index (χ2n) is 6.77. The number of amides is 1. The lowest BCUT2D eigenvalue weighted by atomic mass is 10.1. The van der Waals surface area contributed by atoms with Gasteiger partial charge in [-0.05, 0) is 40.0 Å². The summed E-state index contributed by atoms with van der Waals surface area (Å²) in [5.41, 5.74) is 0. The minimum atomic E-state index is 0.00829. The molecule has 2 atom stereocenters. The normalized spacial score (nSPS) is 23.9. The van der Waals surface area contributed by atoms with Gasteiger partial charge in [-0.15, -0.1) is 0 Å². The van der Waals surface area contributed by atoms with Crippen LogP contribution in [0.15, 0.2) is 0 Å². The summed E-state index contributed by atoms with van der Waals surface area (Å²) in [6, 6.07) is 1.04. The molecule has 1 fully saturated rings. The van der Waals surface area contributed by atoms with E-state index in [1.807, 2.05) is 0 Å². The lowest BCUT2D eigenvalue weighted by Crippen LogP contribution is -2.47. The Kier molecular flexibility index (Phi) is 6.46. The van der Waals surface area contributed by atoms with Gasteiger partial charge in [0.05, 0.1) is 12.2 Å². The molecule has 0 aliphatic carbocycles. The molecule has 1 saturated heterocycles. The Hall–Kier alpha value is -0.610. The molecule has 0 spiro atoms. The monoisotopic (exact) mass is 283 g/mol. The second kappa shape index (κ2) is 7.41. The molecule has 4 heteroatoms. The molecule has 4 nitrogen and oxygen atoms in total. The van der Waals surface area contributed by atoms with E-state index in [1.165, 1.54) is 0 Å². The van der Waals surface area contributed by atoms with Crippen LogP contribution in [0, 0.1) is 5.92 Å². The zero-order valence-electron chi connectivity index (χ0n) is 14.3. The summed E-state index contributed by atoms with van der Waals surface area (Å²) < 4.78 is 0. The lowest BCUT2D eigenvalue weighted by Gasteiger charge is -2.34. The van der Waals surface area contributed by atoms with Crippen molar-refractivity contribution in [2.24, 2.45) is 5.92 Å². The number of nitrogens with zero attached hydrogens (tertiary/aromatic N) is 2. The molecule has 20 heavy (non-hydrogen) atoms. The quantitative estimate of drug-likeness (QED) is 0.779. The number of carbonyl (C=O) groups excluding carboxylic acids is 1. The van der Waals surface area contributed by atoms with Gasteiger partial charge >= 0.3 is 0 Å². The first-order valence-corrected chi connectivity index (χ1v) is 8.11. The topological polar surface area (TPSA) is 35.6 Å². The van der Waals surface area contributed by atoms with Crippen molar-refractivity contribution in [3.8, 4) is 0 Å². The summed E-state index contributed by atoms with van der Waals surface area (Å²) in [6.07, 6.45) is 1.06. The van der Waals surface area contributed by atoms with Crippen molar-refractivity contribution in [2.75, 3.05) is 13.1 Å². The SMILES string of the molecule is CCC1NC(C(C)C)N(CCN(C(C)C)C(C)C)C1=O. The third-order valence-corrected chi connectivity index (χ3v) is 4.25. The fourth-order valence-electron chi connectivity index (χ4n) is 3.13. The van der Waals surface area contributed by atoms with Crippen molar-refractivity contribution in [3.05, 3.63) is 0 Å². The van der Waals surface area contributed by atoms with Gasteiger partial charge in [-0.3, -0.25) is 15.0 Å². The van der Waals surface area contributed by atoms with Crippen LogP contribution in [0.5, 0.6) is 0 Å². The van der Waals surface area contributed by atoms with Crippen molar-refractivity contribution in [1.82, 2.24) is 15.1 Å². The Bertz CT molecular complexity index is 307. The van der Waals surface area contributed by atoms with Gasteiger partial charge in [0.25, 0.3) is 0 Å². The van der Waals surface area contributed by atoms with Crippen molar-refractivity contribution in [3.63, 3.8) is 0 Å². The average Bonchev–Trinajstić information content (AvgIpc) is 2.66. The third-order valence-electron chi connectivity index (χ3n) is 4.25. The molecule has 0 aromatic heterocycles. The zero-order chi connectivity index (χ0) is 15.4. The van der Waals surface area contributed by atoms with E-state index >= 15 is 0 Å². The highest BCUT2D eigenvalue weighted by Gasteiger charge is 2.39. The zero-order valence-corrected chi connectivity index (χ0v) is 14.3. The van der Waals surface area contributed by atoms with Gasteiger partial charge in [-0.1, -0.05) is 20.8 Å². The van der Waals surface area contributed by atoms with Crippen LogP contribution in [0.2, 0.25) is 0 Å². The number of hydrogen-bond donors (Lipinski definition) is 1. The van der Waals surface area contributed by atoms with E-state index in [-0.39, 0.29) is 18.1 Å². The highest BCUT2D eigenvalue weighted by Crippen LogP contribution is 2.19. The van der Waals surface area contributed by atoms with Gasteiger partial charge < -0.3 is 4.90 Å². The van der Waals surface area contributed by atoms with Gasteiger partial charge in [-0.2, -0.15) is 0 Å². The fourth-order valence-corrected chi connectivity index (χ4v) is 3.13. The first-order valence-electron chi connectivity index (χ1n) is 8.11. The van der Waals surface area contributed by atoms with Crippen LogP contribution in [0.4, 0.5) is 0 Å². The molecule has 1 N–H and O–H groups in total. The van der Waals surface area contributed by atoms with Gasteiger partial charge in [0.2, 0.25) is 5.91 Å². The van der Waals surface area contributed by atoms with E-state index in [9.17, 15) is 4.79 Å². The Morgan fingerprint density at radius 2 is 1.70 bits per heavy atom. The standard InChI is InChI=1S/C16H33N3O/c1-8-14-16(20)19(15(17-14)11(2)3)10-9-18(12(4)5)13(6)7/h11-15,17H,8-10H2,1-7H3. The smallest absolute Gasteiger partial charge is 0.241 e. The Morgan fingerprint density at radius 3 is 2.10 bits per heavy atom. The molecule has 0 bridgehead atoms. The molecule has 1 rings (SSSR count). The van der Waals surface area contributed by atoms with Crippen LogP contribution in [-0.2, 0) is 4.79 Å². The second-order valence-corrected chi connectivity index (χ2v) is 6.77. The van der Waals surface area contributed by atoms with Crippen molar-refractivity contribution in [2.45, 2.75) is 79.2 Å². The first kappa shape index (κ1) is 17.4. The van der Waals surface area contributed by atoms with Crippen molar-refractivity contribution < 1.29 is 4.79 Å². The number of carbonyl (C=O) groups is 1. The maximum atomic E-state index is 12.4. The summed E-state index contributed by atoms with van der Waals surface area (Å²) in [6.45, 7) is 17.1. The molecule has 1 heterocycles. The van der Waals surface area contributed by atoms with E-state index in [4.69, 9.17) is 0 Å². The largest absolute Gasteiger partial charge is 0.324 e. The summed E-state index contributed by atoms with van der Waals surface area (Å²) in [5, 5.41) is 3.48. The maximum absolute atomic E-state index is 12.4. The van der Waals surface area contributed by atoms with Crippen molar-refractivity contribution >= 4 is 5.91 Å². The van der Waals surface area contributed by atoms with E-state index in [2.05, 4.69) is 63.6 Å². The summed E-state index contributed by atoms with van der Waals surface area (Å²) in [7, 11) is 0. The predicted molar refractivity (Wildman–Crippen MR) is 84.5 cm³/mol. The Labute approximate surface area is 124 Å². The van der Waals surface area contributed by atoms with Crippen LogP contribution in [-0.4, -0.2) is 53.1 Å². The minimum absolute atomic E-state index is 0.00829. The van der Waals surface area contributed by atoms with Gasteiger partial charge in [0, 0.05) is 25.2 Å². The predicted octanol–water partition coefficient (Wildman–Crippen LogP) is 2.30. The van der Waals surface area contributed by atoms with Gasteiger partial charge in [0.15, 0.2) is 0 Å². The van der Waals surface area contributed by atoms with Crippen LogP contribution in [0.25, 0.3) is 0 Å². The van der Waals surface area contributed by atoms with E-state index < -0.39 is 0 Å². The average molecular weight is 283 g/mol. The number of rotatable bonds is 7. The fraction of sp³-hybridized carbons (Fsp3) is 0.938. The molecule has 0 aromatic rings. The number of hydrogen-bond acceptors (Lipinski definition) is 3. The highest BCUT2D eigenvalue weighted by atomic mass is 16.2. The molecule has 0 radical (unpaired) electrons. The first-order chi connectivity index (χ1) is 9.29. The summed E-state index contributed by atoms with van der Waals surface area (Å²) in [5.74, 6) is 0.723. The summed E-state index contributed by atoms with van der Waals surface area (Å²) >= 11 is 0. The molecular formula is C16H33N3O. The maximum Gasteiger partial charge on any atom is 0.241 e. The third kappa shape index (κ3) is 3.95. The van der Waals surface area contributed by atoms with Crippen LogP contribution in [0.3, 0.4) is 0 Å². The molecule has 118 valence electrons. The highest BCUT2D eigenvalue weighted by molar-refractivity contribution is 5.84. The minimum Gasteiger partial charge on any atom is -0.324 e. The van der Waals surface area contributed by atoms with Crippen LogP contribution in [0.1, 0.15) is 54.9 Å². The Balaban J connectivity index is 2.70. The molecule has 1 aliphatic heterocycles. The molecule has 0 saturated carbocycles. The molecule has 2 unspecified atom stereocenters. The van der Waals surface area contributed by atoms with Gasteiger partial charge in [-0.25, -0.2) is 0 Å². The van der Waals surface area contributed by atoms with E-state index in [0.717, 1.165) is 19.5 Å². The van der Waals surface area contributed by atoms with Crippen molar-refractivity contribution in [1.29, 1.82) is 0 Å². The summed E-state index contributed by atoms with van der Waals surface area (Å²) in [4.78, 5) is 16.9. The van der Waals surface area contributed by atoms with E-state index in [1.54, 1.807) is 0 Å². The van der Waals surface area contributed by atoms with Crippen LogP contribution >= 0.6 is 0 Å². The molecule has 0 aromatic carbocycles. The lowest BCUT2D eigenvalue weighted by molar-refractivity contribution is -0.130. The molecule has 1 aliphatic rings.